The molecule has 0 N–H and O–H groups in total. The summed E-state index contributed by atoms with van der Waals surface area (Å²) in [6.07, 6.45) is 0. The van der Waals surface area contributed by atoms with Gasteiger partial charge in [0.25, 0.3) is 0 Å². The van der Waals surface area contributed by atoms with E-state index in [2.05, 4.69) is 0 Å². The van der Waals surface area contributed by atoms with Crippen LogP contribution in [0.2, 0.25) is 0 Å². The molecule has 0 saturated heterocycles. The number of hydrogen-bond donors (Lipinski definition) is 0. The predicted molar refractivity (Wildman–Crippen MR) is 96.1 cm³/mol. The molecule has 3 nitrogen and oxygen atoms in total. The first-order valence-corrected chi connectivity index (χ1v) is 8.45. The maximum Gasteiger partial charge on any atom is 0.243 e. The number of carbonyl (C=O) groups is 2. The maximum atomic E-state index is 13.0. The predicted octanol–water partition coefficient (Wildman–Crippen LogP) is 4.94. The maximum absolute atomic E-state index is 13.0. The summed E-state index contributed by atoms with van der Waals surface area (Å²) in [6, 6.07) is 12.6. The first-order valence-electron chi connectivity index (χ1n) is 7.57. The van der Waals surface area contributed by atoms with Gasteiger partial charge in [0.05, 0.1) is 12.0 Å². The van der Waals surface area contributed by atoms with Gasteiger partial charge in [-0.25, -0.2) is 4.39 Å². The number of aryl methyl sites for hydroxylation is 1. The number of Topliss-reactive ketones (excluding diaryl/α,β-unsaturated/α-hetero) is 2. The Balaban J connectivity index is 1.84. The fraction of sp³-hybridized carbons (Fsp3) is 0.100. The lowest BCUT2D eigenvalue weighted by atomic mass is 10.0. The molecular formula is C20H15FO3S. The van der Waals surface area contributed by atoms with Crippen molar-refractivity contribution in [3.05, 3.63) is 75.7 Å². The summed E-state index contributed by atoms with van der Waals surface area (Å²) in [5.74, 6) is -0.764. The highest BCUT2D eigenvalue weighted by molar-refractivity contribution is 7.13. The van der Waals surface area contributed by atoms with E-state index in [-0.39, 0.29) is 5.82 Å². The minimum atomic E-state index is -0.557. The normalized spacial score (nSPS) is 10.5. The van der Waals surface area contributed by atoms with Gasteiger partial charge in [0.2, 0.25) is 11.6 Å². The first-order chi connectivity index (χ1) is 12.0. The van der Waals surface area contributed by atoms with Crippen molar-refractivity contribution in [2.45, 2.75) is 6.92 Å². The van der Waals surface area contributed by atoms with Crippen molar-refractivity contribution in [2.24, 2.45) is 0 Å². The van der Waals surface area contributed by atoms with Gasteiger partial charge < -0.3 is 4.74 Å². The van der Waals surface area contributed by atoms with E-state index in [1.165, 1.54) is 23.5 Å². The van der Waals surface area contributed by atoms with E-state index in [1.54, 1.807) is 48.9 Å². The number of methoxy groups -OCH3 is 1. The molecule has 3 aromatic rings. The summed E-state index contributed by atoms with van der Waals surface area (Å²) in [5, 5.41) is 1.78. The zero-order chi connectivity index (χ0) is 18.0. The zero-order valence-electron chi connectivity index (χ0n) is 13.7. The van der Waals surface area contributed by atoms with Crippen molar-refractivity contribution in [3.63, 3.8) is 0 Å². The van der Waals surface area contributed by atoms with Gasteiger partial charge in [-0.2, -0.15) is 0 Å². The van der Waals surface area contributed by atoms with Crippen LogP contribution in [0.15, 0.2) is 53.9 Å². The molecule has 0 aliphatic carbocycles. The Bertz CT molecular complexity index is 942. The summed E-state index contributed by atoms with van der Waals surface area (Å²) in [5.41, 5.74) is 2.70. The summed E-state index contributed by atoms with van der Waals surface area (Å²) < 4.78 is 18.2. The number of carbonyl (C=O) groups excluding carboxylic acids is 2. The second-order valence-electron chi connectivity index (χ2n) is 5.55. The summed E-state index contributed by atoms with van der Waals surface area (Å²) in [7, 11) is 1.55. The van der Waals surface area contributed by atoms with Crippen LogP contribution in [0.25, 0.3) is 11.1 Å². The second-order valence-corrected chi connectivity index (χ2v) is 6.46. The molecule has 0 unspecified atom stereocenters. The van der Waals surface area contributed by atoms with Crippen LogP contribution in [0.5, 0.6) is 5.75 Å². The zero-order valence-corrected chi connectivity index (χ0v) is 14.5. The minimum absolute atomic E-state index is 0.319. The highest BCUT2D eigenvalue weighted by Gasteiger charge is 2.21. The molecule has 0 spiro atoms. The highest BCUT2D eigenvalue weighted by Crippen LogP contribution is 2.27. The number of rotatable bonds is 5. The lowest BCUT2D eigenvalue weighted by Gasteiger charge is -2.06. The molecule has 0 radical (unpaired) electrons. The fourth-order valence-electron chi connectivity index (χ4n) is 2.51. The van der Waals surface area contributed by atoms with Crippen LogP contribution in [-0.4, -0.2) is 18.7 Å². The molecule has 1 heterocycles. The molecule has 126 valence electrons. The Kier molecular flexibility index (Phi) is 4.76. The molecule has 0 saturated carbocycles. The van der Waals surface area contributed by atoms with E-state index >= 15 is 0 Å². The van der Waals surface area contributed by atoms with Gasteiger partial charge in [-0.1, -0.05) is 12.1 Å². The van der Waals surface area contributed by atoms with E-state index in [9.17, 15) is 14.0 Å². The van der Waals surface area contributed by atoms with Crippen LogP contribution in [-0.2, 0) is 0 Å². The average Bonchev–Trinajstić information content (AvgIpc) is 3.11. The highest BCUT2D eigenvalue weighted by atomic mass is 32.1. The van der Waals surface area contributed by atoms with E-state index in [1.807, 2.05) is 6.92 Å². The van der Waals surface area contributed by atoms with Crippen LogP contribution < -0.4 is 4.74 Å². The SMILES string of the molecule is COc1ccc(C(=O)C(=O)c2cc(-c3ccc(F)cc3)cs2)cc1C. The van der Waals surface area contributed by atoms with Crippen molar-refractivity contribution in [1.29, 1.82) is 0 Å². The molecule has 0 bridgehead atoms. The number of ether oxygens (including phenoxy) is 1. The van der Waals surface area contributed by atoms with Crippen LogP contribution >= 0.6 is 11.3 Å². The third-order valence-corrected chi connectivity index (χ3v) is 4.79. The van der Waals surface area contributed by atoms with Crippen molar-refractivity contribution >= 4 is 22.9 Å². The number of thiophene rings is 1. The topological polar surface area (TPSA) is 43.4 Å². The van der Waals surface area contributed by atoms with Crippen molar-refractivity contribution in [3.8, 4) is 16.9 Å². The van der Waals surface area contributed by atoms with Crippen LogP contribution in [0.3, 0.4) is 0 Å². The van der Waals surface area contributed by atoms with Crippen molar-refractivity contribution in [1.82, 2.24) is 0 Å². The average molecular weight is 354 g/mol. The molecule has 0 fully saturated rings. The van der Waals surface area contributed by atoms with Gasteiger partial charge >= 0.3 is 0 Å². The molecular weight excluding hydrogens is 339 g/mol. The Morgan fingerprint density at radius 3 is 2.32 bits per heavy atom. The summed E-state index contributed by atoms with van der Waals surface area (Å²) in [6.45, 7) is 1.82. The molecule has 0 aliphatic heterocycles. The van der Waals surface area contributed by atoms with E-state index in [4.69, 9.17) is 4.74 Å². The Labute approximate surface area is 148 Å². The van der Waals surface area contributed by atoms with Crippen molar-refractivity contribution in [2.75, 3.05) is 7.11 Å². The van der Waals surface area contributed by atoms with Gasteiger partial charge in [-0.3, -0.25) is 9.59 Å². The molecule has 25 heavy (non-hydrogen) atoms. The van der Waals surface area contributed by atoms with Crippen LogP contribution in [0.4, 0.5) is 4.39 Å². The molecule has 5 heteroatoms. The molecule has 2 aromatic carbocycles. The molecule has 0 aliphatic rings. The largest absolute Gasteiger partial charge is 0.496 e. The molecule has 0 atom stereocenters. The fourth-order valence-corrected chi connectivity index (χ4v) is 3.36. The van der Waals surface area contributed by atoms with Crippen LogP contribution in [0.1, 0.15) is 25.6 Å². The second kappa shape index (κ2) is 6.99. The third-order valence-electron chi connectivity index (χ3n) is 3.86. The van der Waals surface area contributed by atoms with Gasteiger partial charge in [0.15, 0.2) is 0 Å². The van der Waals surface area contributed by atoms with Crippen molar-refractivity contribution < 1.29 is 18.7 Å². The van der Waals surface area contributed by atoms with E-state index in [0.717, 1.165) is 16.7 Å². The molecule has 1 aromatic heterocycles. The quantitative estimate of drug-likeness (QED) is 0.482. The van der Waals surface area contributed by atoms with Gasteiger partial charge in [0.1, 0.15) is 11.6 Å². The van der Waals surface area contributed by atoms with Gasteiger partial charge in [-0.15, -0.1) is 11.3 Å². The summed E-state index contributed by atoms with van der Waals surface area (Å²) >= 11 is 1.20. The van der Waals surface area contributed by atoms with Gasteiger partial charge in [-0.05, 0) is 65.4 Å². The molecule has 3 rings (SSSR count). The van der Waals surface area contributed by atoms with E-state index in [0.29, 0.717) is 16.2 Å². The Morgan fingerprint density at radius 1 is 0.960 bits per heavy atom. The Hall–Kier alpha value is -2.79. The monoisotopic (exact) mass is 354 g/mol. The third kappa shape index (κ3) is 3.51. The number of benzene rings is 2. The Morgan fingerprint density at radius 2 is 1.68 bits per heavy atom. The first kappa shape index (κ1) is 17.0. The van der Waals surface area contributed by atoms with Crippen LogP contribution in [0, 0.1) is 12.7 Å². The summed E-state index contributed by atoms with van der Waals surface area (Å²) in [4.78, 5) is 25.3. The molecule has 0 amide bonds. The number of halogens is 1. The lowest BCUT2D eigenvalue weighted by molar-refractivity contribution is 0.0819. The lowest BCUT2D eigenvalue weighted by Crippen LogP contribution is -2.13. The number of ketones is 2. The van der Waals surface area contributed by atoms with E-state index < -0.39 is 11.6 Å². The van der Waals surface area contributed by atoms with Gasteiger partial charge in [0, 0.05) is 5.56 Å². The number of hydrogen-bond acceptors (Lipinski definition) is 4. The standard InChI is InChI=1S/C20H15FO3S/c1-12-9-14(5-8-17(12)24-2)19(22)20(23)18-10-15(11-25-18)13-3-6-16(21)7-4-13/h3-11H,1-2H3. The smallest absolute Gasteiger partial charge is 0.243 e. The minimum Gasteiger partial charge on any atom is -0.496 e.